The number of rotatable bonds is 8. The van der Waals surface area contributed by atoms with E-state index in [1.54, 1.807) is 12.0 Å². The summed E-state index contributed by atoms with van der Waals surface area (Å²) >= 11 is 1.54. The van der Waals surface area contributed by atoms with Gasteiger partial charge in [-0.05, 0) is 54.5 Å². The first-order chi connectivity index (χ1) is 16.1. The number of carbonyl (C=O) groups excluding carboxylic acids is 2. The maximum Gasteiger partial charge on any atom is 0.248 e. The summed E-state index contributed by atoms with van der Waals surface area (Å²) in [6.45, 7) is 1.98. The number of nitrogens with zero attached hydrogens (tertiary/aromatic N) is 1. The zero-order valence-electron chi connectivity index (χ0n) is 19.1. The van der Waals surface area contributed by atoms with Crippen molar-refractivity contribution < 1.29 is 14.3 Å². The SMILES string of the molecule is COc1ccccc1N(C(=O)Cc1cccs1)[C@H](C(=O)NC1CCCC1)c1ccccc1C. The van der Waals surface area contributed by atoms with Crippen molar-refractivity contribution in [2.75, 3.05) is 12.0 Å². The molecule has 0 radical (unpaired) electrons. The van der Waals surface area contributed by atoms with Crippen molar-refractivity contribution in [2.45, 2.75) is 51.1 Å². The molecule has 0 aliphatic heterocycles. The van der Waals surface area contributed by atoms with E-state index < -0.39 is 6.04 Å². The highest BCUT2D eigenvalue weighted by molar-refractivity contribution is 7.10. The van der Waals surface area contributed by atoms with Crippen LogP contribution in [0.2, 0.25) is 0 Å². The van der Waals surface area contributed by atoms with Gasteiger partial charge in [-0.15, -0.1) is 11.3 Å². The number of benzene rings is 2. The van der Waals surface area contributed by atoms with Gasteiger partial charge in [-0.3, -0.25) is 14.5 Å². The van der Waals surface area contributed by atoms with Gasteiger partial charge in [0.1, 0.15) is 11.8 Å². The number of nitrogens with one attached hydrogen (secondary N) is 1. The van der Waals surface area contributed by atoms with E-state index in [0.29, 0.717) is 11.4 Å². The minimum Gasteiger partial charge on any atom is -0.495 e. The second-order valence-corrected chi connectivity index (χ2v) is 9.47. The number of aryl methyl sites for hydroxylation is 1. The van der Waals surface area contributed by atoms with Crippen LogP contribution < -0.4 is 15.0 Å². The minimum atomic E-state index is -0.796. The number of carbonyl (C=O) groups is 2. The summed E-state index contributed by atoms with van der Waals surface area (Å²) in [5, 5.41) is 5.20. The fourth-order valence-corrected chi connectivity index (χ4v) is 5.23. The van der Waals surface area contributed by atoms with Crippen molar-refractivity contribution in [2.24, 2.45) is 0 Å². The number of methoxy groups -OCH3 is 1. The van der Waals surface area contributed by atoms with Crippen LogP contribution in [0.3, 0.4) is 0 Å². The van der Waals surface area contributed by atoms with E-state index in [-0.39, 0.29) is 24.3 Å². The topological polar surface area (TPSA) is 58.6 Å². The lowest BCUT2D eigenvalue weighted by Gasteiger charge is -2.34. The Bertz CT molecular complexity index is 1090. The Labute approximate surface area is 199 Å². The molecular formula is C27H30N2O3S. The van der Waals surface area contributed by atoms with Gasteiger partial charge in [0.2, 0.25) is 11.8 Å². The summed E-state index contributed by atoms with van der Waals surface area (Å²) in [7, 11) is 1.59. The first-order valence-electron chi connectivity index (χ1n) is 11.4. The molecule has 1 aliphatic rings. The predicted octanol–water partition coefficient (Wildman–Crippen LogP) is 5.44. The quantitative estimate of drug-likeness (QED) is 0.485. The van der Waals surface area contributed by atoms with Gasteiger partial charge in [0.25, 0.3) is 0 Å². The molecule has 0 spiro atoms. The molecule has 5 nitrogen and oxygen atoms in total. The number of para-hydroxylation sites is 2. The Morgan fingerprint density at radius 1 is 1.06 bits per heavy atom. The van der Waals surface area contributed by atoms with Gasteiger partial charge in [0.15, 0.2) is 0 Å². The highest BCUT2D eigenvalue weighted by atomic mass is 32.1. The monoisotopic (exact) mass is 462 g/mol. The van der Waals surface area contributed by atoms with E-state index in [1.807, 2.05) is 73.0 Å². The molecule has 1 atom stereocenters. The number of hydrogen-bond donors (Lipinski definition) is 1. The third-order valence-electron chi connectivity index (χ3n) is 6.21. The standard InChI is InChI=1S/C27H30N2O3S/c1-19-10-3-6-14-22(19)26(27(31)28-20-11-4-5-12-20)29(23-15-7-8-16-24(23)32-2)25(30)18-21-13-9-17-33-21/h3,6-10,13-17,20,26H,4-5,11-12,18H2,1-2H3,(H,28,31)/t26-/m0/s1. The average molecular weight is 463 g/mol. The van der Waals surface area contributed by atoms with Crippen molar-refractivity contribution in [3.05, 3.63) is 82.0 Å². The number of amides is 2. The highest BCUT2D eigenvalue weighted by Gasteiger charge is 2.36. The molecule has 33 heavy (non-hydrogen) atoms. The average Bonchev–Trinajstić information content (AvgIpc) is 3.52. The number of ether oxygens (including phenoxy) is 1. The molecule has 4 rings (SSSR count). The normalized spacial score (nSPS) is 14.6. The van der Waals surface area contributed by atoms with Crippen LogP contribution in [0.5, 0.6) is 5.75 Å². The van der Waals surface area contributed by atoms with Crippen LogP contribution in [0.25, 0.3) is 0 Å². The van der Waals surface area contributed by atoms with Crippen LogP contribution in [-0.2, 0) is 16.0 Å². The number of anilines is 1. The van der Waals surface area contributed by atoms with E-state index in [1.165, 1.54) is 11.3 Å². The van der Waals surface area contributed by atoms with E-state index in [2.05, 4.69) is 5.32 Å². The van der Waals surface area contributed by atoms with Gasteiger partial charge in [0.05, 0.1) is 19.2 Å². The molecule has 2 aromatic carbocycles. The van der Waals surface area contributed by atoms with Gasteiger partial charge in [0, 0.05) is 10.9 Å². The summed E-state index contributed by atoms with van der Waals surface area (Å²) < 4.78 is 5.62. The molecule has 172 valence electrons. The summed E-state index contributed by atoms with van der Waals surface area (Å²) in [6, 6.07) is 18.4. The van der Waals surface area contributed by atoms with Crippen molar-refractivity contribution in [1.82, 2.24) is 5.32 Å². The smallest absolute Gasteiger partial charge is 0.248 e. The van der Waals surface area contributed by atoms with Crippen LogP contribution in [0.4, 0.5) is 5.69 Å². The maximum absolute atomic E-state index is 13.8. The van der Waals surface area contributed by atoms with Gasteiger partial charge >= 0.3 is 0 Å². The second-order valence-electron chi connectivity index (χ2n) is 8.44. The fourth-order valence-electron chi connectivity index (χ4n) is 4.54. The Morgan fingerprint density at radius 2 is 1.79 bits per heavy atom. The first-order valence-corrected chi connectivity index (χ1v) is 12.3. The minimum absolute atomic E-state index is 0.142. The van der Waals surface area contributed by atoms with Gasteiger partial charge in [-0.25, -0.2) is 0 Å². The van der Waals surface area contributed by atoms with Crippen LogP contribution in [-0.4, -0.2) is 25.0 Å². The first kappa shape index (κ1) is 23.1. The summed E-state index contributed by atoms with van der Waals surface area (Å²) in [6.07, 6.45) is 4.41. The molecule has 6 heteroatoms. The molecular weight excluding hydrogens is 432 g/mol. The Hall–Kier alpha value is -3.12. The molecule has 0 unspecified atom stereocenters. The Morgan fingerprint density at radius 3 is 2.48 bits per heavy atom. The lowest BCUT2D eigenvalue weighted by atomic mass is 9.97. The molecule has 2 amide bonds. The molecule has 1 fully saturated rings. The van der Waals surface area contributed by atoms with Gasteiger partial charge < -0.3 is 10.1 Å². The molecule has 1 aliphatic carbocycles. The van der Waals surface area contributed by atoms with Crippen LogP contribution >= 0.6 is 11.3 Å². The molecule has 1 heterocycles. The van der Waals surface area contributed by atoms with Crippen LogP contribution in [0, 0.1) is 6.92 Å². The van der Waals surface area contributed by atoms with E-state index in [0.717, 1.165) is 41.7 Å². The zero-order valence-corrected chi connectivity index (χ0v) is 19.9. The Balaban J connectivity index is 1.81. The number of hydrogen-bond acceptors (Lipinski definition) is 4. The van der Waals surface area contributed by atoms with Crippen molar-refractivity contribution in [1.29, 1.82) is 0 Å². The maximum atomic E-state index is 13.8. The molecule has 1 aromatic heterocycles. The van der Waals surface area contributed by atoms with Crippen molar-refractivity contribution in [3.63, 3.8) is 0 Å². The molecule has 1 saturated carbocycles. The third-order valence-corrected chi connectivity index (χ3v) is 7.09. The van der Waals surface area contributed by atoms with E-state index in [4.69, 9.17) is 4.74 Å². The fraction of sp³-hybridized carbons (Fsp3) is 0.333. The highest BCUT2D eigenvalue weighted by Crippen LogP contribution is 2.37. The largest absolute Gasteiger partial charge is 0.495 e. The van der Waals surface area contributed by atoms with Crippen molar-refractivity contribution >= 4 is 28.8 Å². The molecule has 1 N–H and O–H groups in total. The number of thiophene rings is 1. The molecule has 0 bridgehead atoms. The Kier molecular flexibility index (Phi) is 7.45. The summed E-state index contributed by atoms with van der Waals surface area (Å²) in [5.74, 6) is 0.266. The van der Waals surface area contributed by atoms with E-state index >= 15 is 0 Å². The summed E-state index contributed by atoms with van der Waals surface area (Å²) in [5.41, 5.74) is 2.38. The van der Waals surface area contributed by atoms with Crippen molar-refractivity contribution in [3.8, 4) is 5.75 Å². The zero-order chi connectivity index (χ0) is 23.2. The summed E-state index contributed by atoms with van der Waals surface area (Å²) in [4.78, 5) is 30.3. The van der Waals surface area contributed by atoms with Gasteiger partial charge in [-0.2, -0.15) is 0 Å². The molecule has 3 aromatic rings. The lowest BCUT2D eigenvalue weighted by Crippen LogP contribution is -2.47. The van der Waals surface area contributed by atoms with Crippen LogP contribution in [0.15, 0.2) is 66.0 Å². The lowest BCUT2D eigenvalue weighted by molar-refractivity contribution is -0.127. The molecule has 0 saturated heterocycles. The van der Waals surface area contributed by atoms with Crippen LogP contribution in [0.1, 0.15) is 47.7 Å². The predicted molar refractivity (Wildman–Crippen MR) is 133 cm³/mol. The van der Waals surface area contributed by atoms with Gasteiger partial charge in [-0.1, -0.05) is 55.3 Å². The second kappa shape index (κ2) is 10.7. The third kappa shape index (κ3) is 5.28. The van der Waals surface area contributed by atoms with E-state index in [9.17, 15) is 9.59 Å².